The lowest BCUT2D eigenvalue weighted by atomic mass is 9.72. The molecule has 0 radical (unpaired) electrons. The summed E-state index contributed by atoms with van der Waals surface area (Å²) in [5.74, 6) is 3.39. The molecule has 3 aliphatic carbocycles. The van der Waals surface area contributed by atoms with Crippen molar-refractivity contribution < 1.29 is 0 Å². The van der Waals surface area contributed by atoms with Gasteiger partial charge in [-0.05, 0) is 55.3 Å². The van der Waals surface area contributed by atoms with E-state index >= 15 is 0 Å². The van der Waals surface area contributed by atoms with E-state index in [1.165, 1.54) is 31.0 Å². The van der Waals surface area contributed by atoms with Crippen molar-refractivity contribution in [3.8, 4) is 0 Å². The van der Waals surface area contributed by atoms with Gasteiger partial charge in [-0.25, -0.2) is 0 Å². The molecular formula is C12H19Br. The van der Waals surface area contributed by atoms with Gasteiger partial charge in [-0.3, -0.25) is 0 Å². The summed E-state index contributed by atoms with van der Waals surface area (Å²) in [6.07, 6.45) is 10.8. The fourth-order valence-corrected chi connectivity index (χ4v) is 4.94. The third-order valence-electron chi connectivity index (χ3n) is 4.89. The molecule has 0 N–H and O–H groups in total. The molecule has 3 rings (SSSR count). The van der Waals surface area contributed by atoms with E-state index in [9.17, 15) is 0 Å². The van der Waals surface area contributed by atoms with Crippen LogP contribution in [-0.2, 0) is 0 Å². The molecule has 0 heterocycles. The van der Waals surface area contributed by atoms with Crippen molar-refractivity contribution in [1.82, 2.24) is 0 Å². The minimum atomic E-state index is 0.754. The molecule has 0 bridgehead atoms. The number of rotatable bonds is 2. The minimum absolute atomic E-state index is 0.754. The van der Waals surface area contributed by atoms with Crippen LogP contribution in [0.2, 0.25) is 0 Å². The number of hydrogen-bond donors (Lipinski definition) is 0. The van der Waals surface area contributed by atoms with Gasteiger partial charge in [0.25, 0.3) is 0 Å². The first-order valence-electron chi connectivity index (χ1n) is 5.90. The Labute approximate surface area is 89.6 Å². The zero-order chi connectivity index (χ0) is 8.89. The van der Waals surface area contributed by atoms with Crippen LogP contribution in [0.15, 0.2) is 0 Å². The van der Waals surface area contributed by atoms with Crippen molar-refractivity contribution in [3.05, 3.63) is 0 Å². The largest absolute Gasteiger partial charge is 0.0922 e. The molecule has 0 aliphatic heterocycles. The Morgan fingerprint density at radius 2 is 1.69 bits per heavy atom. The first kappa shape index (κ1) is 8.76. The van der Waals surface area contributed by atoms with E-state index in [0.717, 1.165) is 23.2 Å². The van der Waals surface area contributed by atoms with Gasteiger partial charge in [0.05, 0.1) is 0 Å². The second-order valence-electron chi connectivity index (χ2n) is 5.64. The quantitative estimate of drug-likeness (QED) is 0.643. The summed E-state index contributed by atoms with van der Waals surface area (Å²) in [6.45, 7) is 0. The Hall–Kier alpha value is 0.480. The van der Waals surface area contributed by atoms with E-state index in [2.05, 4.69) is 15.9 Å². The van der Waals surface area contributed by atoms with Crippen LogP contribution < -0.4 is 0 Å². The highest BCUT2D eigenvalue weighted by Crippen LogP contribution is 2.64. The smallest absolute Gasteiger partial charge is 0.00908 e. The second-order valence-corrected chi connectivity index (χ2v) is 6.20. The normalized spacial score (nSPS) is 49.6. The zero-order valence-electron chi connectivity index (χ0n) is 8.27. The Bertz CT molecular complexity index is 195. The van der Waals surface area contributed by atoms with E-state index in [-0.39, 0.29) is 0 Å². The molecule has 0 spiro atoms. The van der Waals surface area contributed by atoms with Gasteiger partial charge < -0.3 is 0 Å². The van der Waals surface area contributed by atoms with Crippen molar-refractivity contribution in [2.24, 2.45) is 23.2 Å². The number of halogens is 1. The van der Waals surface area contributed by atoms with Gasteiger partial charge in [-0.15, -0.1) is 0 Å². The molecule has 0 amide bonds. The summed E-state index contributed by atoms with van der Waals surface area (Å²) in [5.41, 5.74) is 0.754. The summed E-state index contributed by atoms with van der Waals surface area (Å²) in [6, 6.07) is 0. The average Bonchev–Trinajstić information content (AvgIpc) is 2.65. The first-order valence-corrected chi connectivity index (χ1v) is 7.02. The number of fused-ring (bicyclic) bond motifs is 1. The molecule has 0 aromatic carbocycles. The third kappa shape index (κ3) is 1.30. The van der Waals surface area contributed by atoms with Crippen LogP contribution in [0.25, 0.3) is 0 Å². The summed E-state index contributed by atoms with van der Waals surface area (Å²) in [5, 5.41) is 1.29. The van der Waals surface area contributed by atoms with Crippen LogP contribution in [0.3, 0.4) is 0 Å². The van der Waals surface area contributed by atoms with Crippen molar-refractivity contribution >= 4 is 15.9 Å². The summed E-state index contributed by atoms with van der Waals surface area (Å²) >= 11 is 3.79. The van der Waals surface area contributed by atoms with Gasteiger partial charge in [0.2, 0.25) is 0 Å². The molecule has 3 aliphatic rings. The lowest BCUT2D eigenvalue weighted by molar-refractivity contribution is 0.183. The lowest BCUT2D eigenvalue weighted by Crippen LogP contribution is -2.29. The highest BCUT2D eigenvalue weighted by Gasteiger charge is 2.56. The molecule has 3 fully saturated rings. The number of hydrogen-bond acceptors (Lipinski definition) is 0. The zero-order valence-corrected chi connectivity index (χ0v) is 9.85. The summed E-state index contributed by atoms with van der Waals surface area (Å²) in [7, 11) is 0. The van der Waals surface area contributed by atoms with Crippen molar-refractivity contribution in [3.63, 3.8) is 0 Å². The Balaban J connectivity index is 1.76. The second kappa shape index (κ2) is 2.98. The van der Waals surface area contributed by atoms with Crippen LogP contribution in [0.1, 0.15) is 44.9 Å². The molecule has 2 unspecified atom stereocenters. The molecule has 74 valence electrons. The van der Waals surface area contributed by atoms with Crippen LogP contribution >= 0.6 is 15.9 Å². The van der Waals surface area contributed by atoms with Gasteiger partial charge >= 0.3 is 0 Å². The number of alkyl halides is 1. The maximum atomic E-state index is 3.79. The summed E-state index contributed by atoms with van der Waals surface area (Å²) in [4.78, 5) is 0. The van der Waals surface area contributed by atoms with Crippen LogP contribution in [-0.4, -0.2) is 5.33 Å². The van der Waals surface area contributed by atoms with Crippen molar-refractivity contribution in [1.29, 1.82) is 0 Å². The van der Waals surface area contributed by atoms with Crippen LogP contribution in [0.5, 0.6) is 0 Å². The standard InChI is InChI=1S/C12H19Br/c13-8-12(11-3-1-2-4-11)6-9-5-10(9)7-12/h9-11H,1-8H2. The van der Waals surface area contributed by atoms with E-state index in [1.54, 1.807) is 19.3 Å². The molecule has 0 aromatic rings. The maximum absolute atomic E-state index is 3.79. The third-order valence-corrected chi connectivity index (χ3v) is 6.01. The highest BCUT2D eigenvalue weighted by molar-refractivity contribution is 9.09. The average molecular weight is 243 g/mol. The van der Waals surface area contributed by atoms with Crippen molar-refractivity contribution in [2.45, 2.75) is 44.9 Å². The van der Waals surface area contributed by atoms with Crippen LogP contribution in [0.4, 0.5) is 0 Å². The fourth-order valence-electron chi connectivity index (χ4n) is 4.03. The molecule has 0 saturated heterocycles. The van der Waals surface area contributed by atoms with E-state index in [1.807, 2.05) is 0 Å². The molecule has 3 saturated carbocycles. The predicted octanol–water partition coefficient (Wildman–Crippen LogP) is 3.99. The molecule has 0 aromatic heterocycles. The molecular weight excluding hydrogens is 224 g/mol. The highest BCUT2D eigenvalue weighted by atomic mass is 79.9. The monoisotopic (exact) mass is 242 g/mol. The van der Waals surface area contributed by atoms with E-state index in [0.29, 0.717) is 0 Å². The molecule has 13 heavy (non-hydrogen) atoms. The van der Waals surface area contributed by atoms with E-state index < -0.39 is 0 Å². The predicted molar refractivity (Wildman–Crippen MR) is 59.0 cm³/mol. The SMILES string of the molecule is BrCC1(C2CCCC2)CC2CC2C1. The minimum Gasteiger partial charge on any atom is -0.0922 e. The van der Waals surface area contributed by atoms with Crippen molar-refractivity contribution in [2.75, 3.05) is 5.33 Å². The molecule has 1 heteroatoms. The maximum Gasteiger partial charge on any atom is 0.00908 e. The summed E-state index contributed by atoms with van der Waals surface area (Å²) < 4.78 is 0. The topological polar surface area (TPSA) is 0 Å². The van der Waals surface area contributed by atoms with Gasteiger partial charge in [0.15, 0.2) is 0 Å². The first-order chi connectivity index (χ1) is 6.34. The van der Waals surface area contributed by atoms with Gasteiger partial charge in [-0.1, -0.05) is 28.8 Å². The molecule has 0 nitrogen and oxygen atoms in total. The Morgan fingerprint density at radius 1 is 1.08 bits per heavy atom. The Morgan fingerprint density at radius 3 is 2.23 bits per heavy atom. The molecule has 2 atom stereocenters. The lowest BCUT2D eigenvalue weighted by Gasteiger charge is -2.35. The van der Waals surface area contributed by atoms with Gasteiger partial charge in [0.1, 0.15) is 0 Å². The van der Waals surface area contributed by atoms with Gasteiger partial charge in [-0.2, -0.15) is 0 Å². The fraction of sp³-hybridized carbons (Fsp3) is 1.00. The van der Waals surface area contributed by atoms with E-state index in [4.69, 9.17) is 0 Å². The Kier molecular flexibility index (Phi) is 2.01. The van der Waals surface area contributed by atoms with Gasteiger partial charge in [0, 0.05) is 5.33 Å². The van der Waals surface area contributed by atoms with Crippen LogP contribution in [0, 0.1) is 23.2 Å².